The van der Waals surface area contributed by atoms with Gasteiger partial charge in [-0.3, -0.25) is 9.36 Å². The van der Waals surface area contributed by atoms with E-state index in [-0.39, 0.29) is 17.5 Å². The van der Waals surface area contributed by atoms with Crippen molar-refractivity contribution in [1.29, 1.82) is 0 Å². The van der Waals surface area contributed by atoms with Crippen molar-refractivity contribution in [1.82, 2.24) is 23.7 Å². The fourth-order valence-electron chi connectivity index (χ4n) is 4.19. The van der Waals surface area contributed by atoms with Gasteiger partial charge in [0.2, 0.25) is 5.89 Å². The predicted molar refractivity (Wildman–Crippen MR) is 155 cm³/mol. The van der Waals surface area contributed by atoms with Crippen LogP contribution in [0.3, 0.4) is 0 Å². The van der Waals surface area contributed by atoms with Crippen molar-refractivity contribution in [2.45, 2.75) is 19.9 Å². The first-order valence-electron chi connectivity index (χ1n) is 13.0. The number of pyridine rings is 1. The summed E-state index contributed by atoms with van der Waals surface area (Å²) in [5.74, 6) is -1.56. The third kappa shape index (κ3) is 5.94. The molecule has 4 aromatic heterocycles. The number of ether oxygens (including phenoxy) is 1. The lowest BCUT2D eigenvalue weighted by Crippen LogP contribution is -2.41. The van der Waals surface area contributed by atoms with Gasteiger partial charge in [-0.1, -0.05) is 0 Å². The van der Waals surface area contributed by atoms with E-state index in [9.17, 15) is 23.2 Å². The third-order valence-electron chi connectivity index (χ3n) is 6.31. The van der Waals surface area contributed by atoms with Gasteiger partial charge >= 0.3 is 11.7 Å². The molecule has 0 saturated carbocycles. The van der Waals surface area contributed by atoms with Gasteiger partial charge in [0.05, 0.1) is 23.6 Å². The maximum atomic E-state index is 14.0. The molecule has 0 atom stereocenters. The first-order chi connectivity index (χ1) is 21.0. The minimum atomic E-state index is -1.43. The summed E-state index contributed by atoms with van der Waals surface area (Å²) in [7, 11) is 0. The van der Waals surface area contributed by atoms with Crippen LogP contribution < -0.4 is 21.7 Å². The summed E-state index contributed by atoms with van der Waals surface area (Å²) in [6, 6.07) is 12.1. The first kappa shape index (κ1) is 29.4. The number of carboxylic acid groups (broad SMARTS) is 1. The van der Waals surface area contributed by atoms with Crippen molar-refractivity contribution < 1.29 is 27.8 Å². The quantitative estimate of drug-likeness (QED) is 0.252. The second-order valence-electron chi connectivity index (χ2n) is 9.63. The summed E-state index contributed by atoms with van der Waals surface area (Å²) in [5, 5.41) is 13.3. The van der Waals surface area contributed by atoms with Crippen LogP contribution in [0.4, 0.5) is 14.5 Å². The fraction of sp³-hybridized carbons (Fsp3) is 0.100. The molecule has 3 N–H and O–H groups in total. The lowest BCUT2D eigenvalue weighted by atomic mass is 10.2. The van der Waals surface area contributed by atoms with E-state index in [4.69, 9.17) is 20.0 Å². The van der Waals surface area contributed by atoms with Gasteiger partial charge in [-0.15, -0.1) is 0 Å². The van der Waals surface area contributed by atoms with Crippen molar-refractivity contribution in [3.63, 3.8) is 0 Å². The Labute approximate surface area is 246 Å². The molecular formula is C30H24F2N6O6. The Hall–Kier alpha value is -6.05. The molecule has 6 aromatic rings. The van der Waals surface area contributed by atoms with E-state index < -0.39 is 34.4 Å². The van der Waals surface area contributed by atoms with Gasteiger partial charge in [0.1, 0.15) is 23.2 Å². The normalized spacial score (nSPS) is 10.9. The Bertz CT molecular complexity index is 2080. The van der Waals surface area contributed by atoms with E-state index in [2.05, 4.69) is 10.1 Å². The minimum Gasteiger partial charge on any atom is -0.477 e. The molecule has 224 valence electrons. The van der Waals surface area contributed by atoms with Gasteiger partial charge in [0.25, 0.3) is 5.56 Å². The van der Waals surface area contributed by atoms with Gasteiger partial charge in [-0.25, -0.2) is 32.4 Å². The van der Waals surface area contributed by atoms with Crippen molar-refractivity contribution >= 4 is 17.2 Å². The number of oxazole rings is 1. The van der Waals surface area contributed by atoms with Crippen LogP contribution in [0.15, 0.2) is 99.7 Å². The molecule has 44 heavy (non-hydrogen) atoms. The van der Waals surface area contributed by atoms with Crippen LogP contribution in [0.25, 0.3) is 22.7 Å². The molecule has 6 rings (SSSR count). The number of nitrogens with zero attached hydrogens (tertiary/aromatic N) is 5. The average molecular weight is 603 g/mol. The molecule has 0 bridgehead atoms. The Morgan fingerprint density at radius 1 is 1.00 bits per heavy atom. The Morgan fingerprint density at radius 2 is 1.75 bits per heavy atom. The van der Waals surface area contributed by atoms with Crippen molar-refractivity contribution in [3.8, 4) is 28.6 Å². The molecule has 0 radical (unpaired) electrons. The topological polar surface area (TPSA) is 160 Å². The number of fused-ring (bicyclic) bond motifs is 1. The zero-order valence-electron chi connectivity index (χ0n) is 23.2. The maximum absolute atomic E-state index is 14.0. The number of aromatic nitrogens is 5. The molecule has 0 aliphatic carbocycles. The maximum Gasteiger partial charge on any atom is 0.342 e. The summed E-state index contributed by atoms with van der Waals surface area (Å²) in [6.07, 6.45) is 7.43. The molecule has 0 spiro atoms. The minimum absolute atomic E-state index is 0.0758. The van der Waals surface area contributed by atoms with Crippen LogP contribution in [-0.4, -0.2) is 34.8 Å². The molecule has 0 amide bonds. The molecule has 4 heterocycles. The lowest BCUT2D eigenvalue weighted by Gasteiger charge is -2.14. The van der Waals surface area contributed by atoms with Crippen molar-refractivity contribution in [2.24, 2.45) is 0 Å². The highest BCUT2D eigenvalue weighted by Gasteiger charge is 2.19. The number of carbonyl (C=O) groups is 1. The molecule has 0 saturated heterocycles. The summed E-state index contributed by atoms with van der Waals surface area (Å²) >= 11 is 0. The summed E-state index contributed by atoms with van der Waals surface area (Å²) in [6.45, 7) is 3.37. The summed E-state index contributed by atoms with van der Waals surface area (Å²) in [5.41, 5.74) is 5.21. The van der Waals surface area contributed by atoms with Gasteiger partial charge < -0.3 is 20.0 Å². The largest absolute Gasteiger partial charge is 0.477 e. The van der Waals surface area contributed by atoms with E-state index in [0.29, 0.717) is 28.4 Å². The zero-order chi connectivity index (χ0) is 31.5. The fourth-order valence-corrected chi connectivity index (χ4v) is 4.19. The molecule has 0 aliphatic heterocycles. The van der Waals surface area contributed by atoms with E-state index in [1.165, 1.54) is 30.5 Å². The number of rotatable bonds is 6. The second-order valence-corrected chi connectivity index (χ2v) is 9.63. The Balaban J connectivity index is 0.000000176. The van der Waals surface area contributed by atoms with Crippen LogP contribution >= 0.6 is 0 Å². The van der Waals surface area contributed by atoms with E-state index >= 15 is 0 Å². The average Bonchev–Trinajstić information content (AvgIpc) is 3.68. The molecular weight excluding hydrogens is 578 g/mol. The van der Waals surface area contributed by atoms with Gasteiger partial charge in [0.15, 0.2) is 17.3 Å². The SMILES string of the molecule is CC(C)n1cc(C(=O)O)c(=O)n(-c2ccc(F)cc2)c1=O.Nc1ccc(Oc2cc(-c3ncco3)cn3nccc23)c(F)c1. The lowest BCUT2D eigenvalue weighted by molar-refractivity contribution is 0.0693. The monoisotopic (exact) mass is 602 g/mol. The smallest absolute Gasteiger partial charge is 0.342 e. The molecule has 2 aromatic carbocycles. The van der Waals surface area contributed by atoms with E-state index in [1.807, 2.05) is 0 Å². The number of halogens is 2. The van der Waals surface area contributed by atoms with Crippen LogP contribution in [0, 0.1) is 11.6 Å². The number of benzene rings is 2. The summed E-state index contributed by atoms with van der Waals surface area (Å²) < 4.78 is 41.4. The standard InChI is InChI=1S/C16H11FN4O2.C14H13FN2O4/c17-12-8-11(18)1-2-14(12)23-15-7-10(16-19-5-6-22-16)9-21-13(15)3-4-20-21;1-8(2)16-7-11(13(19)20)12(18)17(14(16)21)10-5-3-9(15)4-6-10/h1-9H,18H2;3-8H,1-2H3,(H,19,20). The van der Waals surface area contributed by atoms with Gasteiger partial charge in [0, 0.05) is 30.2 Å². The highest BCUT2D eigenvalue weighted by atomic mass is 19.1. The van der Waals surface area contributed by atoms with Crippen LogP contribution in [0.2, 0.25) is 0 Å². The van der Waals surface area contributed by atoms with E-state index in [1.54, 1.807) is 55.2 Å². The highest BCUT2D eigenvalue weighted by molar-refractivity contribution is 5.86. The Morgan fingerprint density at radius 3 is 2.39 bits per heavy atom. The number of hydrogen-bond donors (Lipinski definition) is 2. The molecule has 12 nitrogen and oxygen atoms in total. The van der Waals surface area contributed by atoms with Crippen LogP contribution in [0.5, 0.6) is 11.5 Å². The van der Waals surface area contributed by atoms with Gasteiger partial charge in [-0.05, 0) is 62.4 Å². The molecule has 14 heteroatoms. The third-order valence-corrected chi connectivity index (χ3v) is 6.31. The number of nitrogen functional groups attached to an aromatic ring is 1. The van der Waals surface area contributed by atoms with Crippen LogP contribution in [0.1, 0.15) is 30.2 Å². The highest BCUT2D eigenvalue weighted by Crippen LogP contribution is 2.32. The molecule has 0 fully saturated rings. The van der Waals surface area contributed by atoms with Crippen LogP contribution in [-0.2, 0) is 0 Å². The summed E-state index contributed by atoms with van der Waals surface area (Å²) in [4.78, 5) is 39.8. The Kier molecular flexibility index (Phi) is 8.06. The zero-order valence-corrected chi connectivity index (χ0v) is 23.2. The number of nitrogens with two attached hydrogens (primary N) is 1. The second kappa shape index (κ2) is 12.1. The molecule has 0 aliphatic rings. The predicted octanol–water partition coefficient (Wildman–Crippen LogP) is 4.92. The van der Waals surface area contributed by atoms with E-state index in [0.717, 1.165) is 27.5 Å². The number of hydrogen-bond acceptors (Lipinski definition) is 8. The number of aromatic carboxylic acids is 1. The first-order valence-corrected chi connectivity index (χ1v) is 13.0. The number of anilines is 1. The van der Waals surface area contributed by atoms with Crippen molar-refractivity contribution in [2.75, 3.05) is 5.73 Å². The van der Waals surface area contributed by atoms with Gasteiger partial charge in [-0.2, -0.15) is 5.10 Å². The van der Waals surface area contributed by atoms with Crippen molar-refractivity contribution in [3.05, 3.63) is 124 Å². The molecule has 0 unspecified atom stereocenters. The number of carboxylic acids is 1.